The molecule has 5 rings (SSSR count). The normalized spacial score (nSPS) is 21.0. The number of aromatic nitrogens is 4. The number of aryl methyl sites for hydroxylation is 1. The number of aliphatic hydroxyl groups excluding tert-OH is 3. The van der Waals surface area contributed by atoms with Crippen molar-refractivity contribution in [1.82, 2.24) is 19.9 Å². The van der Waals surface area contributed by atoms with Crippen molar-refractivity contribution < 1.29 is 24.8 Å². The lowest BCUT2D eigenvalue weighted by Gasteiger charge is -2.21. The number of pyridine rings is 1. The van der Waals surface area contributed by atoms with Crippen LogP contribution in [0.15, 0.2) is 36.7 Å². The molecule has 0 saturated heterocycles. The largest absolute Gasteiger partial charge is 0.497 e. The summed E-state index contributed by atoms with van der Waals surface area (Å²) in [5.41, 5.74) is 3.07. The number of fused-ring (bicyclic) bond motifs is 1. The summed E-state index contributed by atoms with van der Waals surface area (Å²) in [6.07, 6.45) is 1.73. The lowest BCUT2D eigenvalue weighted by Crippen LogP contribution is -2.35. The zero-order valence-electron chi connectivity index (χ0n) is 21.3. The average Bonchev–Trinajstić information content (AvgIpc) is 3.47. The molecule has 0 spiro atoms. The number of rotatable bonds is 9. The maximum absolute atomic E-state index is 10.7. The third-order valence-corrected chi connectivity index (χ3v) is 7.77. The number of anilines is 2. The Balaban J connectivity index is 1.49. The van der Waals surface area contributed by atoms with Gasteiger partial charge in [-0.15, -0.1) is 11.3 Å². The molecule has 3 heterocycles. The molecule has 4 unspecified atom stereocenters. The van der Waals surface area contributed by atoms with E-state index in [1.807, 2.05) is 25.1 Å². The fourth-order valence-electron chi connectivity index (χ4n) is 4.67. The Morgan fingerprint density at radius 3 is 2.47 bits per heavy atom. The molecule has 1 saturated carbocycles. The molecule has 0 radical (unpaired) electrons. The van der Waals surface area contributed by atoms with E-state index in [-0.39, 0.29) is 6.61 Å². The highest BCUT2D eigenvalue weighted by Gasteiger charge is 2.41. The maximum Gasteiger partial charge on any atom is 0.225 e. The van der Waals surface area contributed by atoms with E-state index in [0.29, 0.717) is 52.5 Å². The number of hydrogen-bond donors (Lipinski definition) is 5. The first-order valence-corrected chi connectivity index (χ1v) is 13.0. The SMILES string of the molecule is COc1cc(CNc2nc(C)c(-c3nc4cnccc4s3)c(NC3CC(CO)C(O)C3O)n2)cc(OC)c1. The van der Waals surface area contributed by atoms with Crippen LogP contribution in [0.25, 0.3) is 20.8 Å². The van der Waals surface area contributed by atoms with Crippen molar-refractivity contribution in [2.24, 2.45) is 5.92 Å². The van der Waals surface area contributed by atoms with Crippen LogP contribution in [0.4, 0.5) is 11.8 Å². The summed E-state index contributed by atoms with van der Waals surface area (Å²) >= 11 is 1.50. The van der Waals surface area contributed by atoms with Gasteiger partial charge in [0.2, 0.25) is 5.95 Å². The Kier molecular flexibility index (Phi) is 7.56. The summed E-state index contributed by atoms with van der Waals surface area (Å²) in [5, 5.41) is 37.9. The monoisotopic (exact) mass is 538 g/mol. The van der Waals surface area contributed by atoms with Gasteiger partial charge in [0.15, 0.2) is 0 Å². The van der Waals surface area contributed by atoms with Gasteiger partial charge in [-0.3, -0.25) is 4.98 Å². The van der Waals surface area contributed by atoms with Gasteiger partial charge in [-0.1, -0.05) is 0 Å². The molecule has 0 aliphatic heterocycles. The zero-order chi connectivity index (χ0) is 26.8. The second-order valence-corrected chi connectivity index (χ2v) is 10.2. The number of benzene rings is 1. The molecular formula is C26H30N6O5S. The van der Waals surface area contributed by atoms with E-state index in [1.54, 1.807) is 32.7 Å². The maximum atomic E-state index is 10.7. The molecule has 200 valence electrons. The van der Waals surface area contributed by atoms with Crippen molar-refractivity contribution in [3.63, 3.8) is 0 Å². The second kappa shape index (κ2) is 11.0. The van der Waals surface area contributed by atoms with Crippen LogP contribution >= 0.6 is 11.3 Å². The molecule has 3 aromatic heterocycles. The minimum absolute atomic E-state index is 0.215. The number of hydrogen-bond acceptors (Lipinski definition) is 12. The quantitative estimate of drug-likeness (QED) is 0.214. The molecule has 12 heteroatoms. The molecule has 1 aromatic carbocycles. The van der Waals surface area contributed by atoms with Crippen molar-refractivity contribution in [2.75, 3.05) is 31.5 Å². The third-order valence-electron chi connectivity index (χ3n) is 6.71. The smallest absolute Gasteiger partial charge is 0.225 e. The number of aliphatic hydroxyl groups is 3. The average molecular weight is 539 g/mol. The lowest BCUT2D eigenvalue weighted by molar-refractivity contribution is 0.00446. The van der Waals surface area contributed by atoms with Gasteiger partial charge in [0.25, 0.3) is 0 Å². The summed E-state index contributed by atoms with van der Waals surface area (Å²) in [6.45, 7) is 2.08. The fraction of sp³-hybridized carbons (Fsp3) is 0.385. The molecule has 1 aliphatic rings. The zero-order valence-corrected chi connectivity index (χ0v) is 22.1. The minimum Gasteiger partial charge on any atom is -0.497 e. The number of nitrogens with one attached hydrogen (secondary N) is 2. The van der Waals surface area contributed by atoms with Crippen molar-refractivity contribution in [3.8, 4) is 22.1 Å². The molecule has 4 aromatic rings. The number of methoxy groups -OCH3 is 2. The van der Waals surface area contributed by atoms with Gasteiger partial charge in [0, 0.05) is 31.3 Å². The van der Waals surface area contributed by atoms with Gasteiger partial charge in [-0.05, 0) is 37.1 Å². The predicted molar refractivity (Wildman–Crippen MR) is 145 cm³/mol. The van der Waals surface area contributed by atoms with Crippen LogP contribution in [-0.4, -0.2) is 74.3 Å². The van der Waals surface area contributed by atoms with E-state index in [4.69, 9.17) is 24.4 Å². The van der Waals surface area contributed by atoms with Crippen LogP contribution in [0, 0.1) is 12.8 Å². The van der Waals surface area contributed by atoms with E-state index >= 15 is 0 Å². The van der Waals surface area contributed by atoms with Crippen molar-refractivity contribution in [1.29, 1.82) is 0 Å². The molecule has 1 fully saturated rings. The Morgan fingerprint density at radius 2 is 1.82 bits per heavy atom. The Bertz CT molecular complexity index is 1380. The summed E-state index contributed by atoms with van der Waals surface area (Å²) < 4.78 is 11.7. The first-order chi connectivity index (χ1) is 18.4. The van der Waals surface area contributed by atoms with Crippen LogP contribution in [0.5, 0.6) is 11.5 Å². The fourth-order valence-corrected chi connectivity index (χ4v) is 5.70. The molecule has 1 aliphatic carbocycles. The minimum atomic E-state index is -1.06. The molecule has 38 heavy (non-hydrogen) atoms. The van der Waals surface area contributed by atoms with Crippen LogP contribution < -0.4 is 20.1 Å². The molecule has 0 bridgehead atoms. The number of nitrogens with zero attached hydrogens (tertiary/aromatic N) is 4. The molecular weight excluding hydrogens is 508 g/mol. The molecule has 11 nitrogen and oxygen atoms in total. The van der Waals surface area contributed by atoms with Gasteiger partial charge >= 0.3 is 0 Å². The van der Waals surface area contributed by atoms with Crippen molar-refractivity contribution in [2.45, 2.75) is 38.1 Å². The summed E-state index contributed by atoms with van der Waals surface area (Å²) in [6, 6.07) is 6.99. The summed E-state index contributed by atoms with van der Waals surface area (Å²) in [7, 11) is 3.20. The summed E-state index contributed by atoms with van der Waals surface area (Å²) in [5.74, 6) is 1.78. The van der Waals surface area contributed by atoms with Gasteiger partial charge < -0.3 is 35.4 Å². The third kappa shape index (κ3) is 5.20. The number of thiazole rings is 1. The lowest BCUT2D eigenvalue weighted by atomic mass is 10.1. The van der Waals surface area contributed by atoms with Crippen molar-refractivity contribution in [3.05, 3.63) is 47.9 Å². The first-order valence-electron chi connectivity index (χ1n) is 12.2. The van der Waals surface area contributed by atoms with E-state index in [0.717, 1.165) is 15.8 Å². The van der Waals surface area contributed by atoms with E-state index in [9.17, 15) is 15.3 Å². The molecule has 0 amide bonds. The van der Waals surface area contributed by atoms with Gasteiger partial charge in [-0.25, -0.2) is 9.97 Å². The molecule has 5 N–H and O–H groups in total. The van der Waals surface area contributed by atoms with Gasteiger partial charge in [0.1, 0.15) is 33.9 Å². The number of ether oxygens (including phenoxy) is 2. The predicted octanol–water partition coefficient (Wildman–Crippen LogP) is 2.60. The van der Waals surface area contributed by atoms with Crippen LogP contribution in [0.3, 0.4) is 0 Å². The van der Waals surface area contributed by atoms with E-state index in [1.165, 1.54) is 11.3 Å². The van der Waals surface area contributed by atoms with E-state index < -0.39 is 24.2 Å². The Morgan fingerprint density at radius 1 is 1.05 bits per heavy atom. The van der Waals surface area contributed by atoms with Crippen LogP contribution in [0.1, 0.15) is 17.7 Å². The Hall–Kier alpha value is -3.58. The highest BCUT2D eigenvalue weighted by molar-refractivity contribution is 7.21. The summed E-state index contributed by atoms with van der Waals surface area (Å²) in [4.78, 5) is 18.4. The molecule has 4 atom stereocenters. The second-order valence-electron chi connectivity index (χ2n) is 9.20. The van der Waals surface area contributed by atoms with Gasteiger partial charge in [0.05, 0.1) is 48.5 Å². The Labute approximate surface area is 223 Å². The van der Waals surface area contributed by atoms with E-state index in [2.05, 4.69) is 15.6 Å². The van der Waals surface area contributed by atoms with Gasteiger partial charge in [-0.2, -0.15) is 4.98 Å². The van der Waals surface area contributed by atoms with Crippen molar-refractivity contribution >= 4 is 33.3 Å². The highest BCUT2D eigenvalue weighted by atomic mass is 32.1. The van der Waals surface area contributed by atoms with Crippen LogP contribution in [0.2, 0.25) is 0 Å². The first kappa shape index (κ1) is 26.0. The standard InChI is InChI=1S/C26H30N6O5S/c1-13-21(25-31-19-11-27-5-4-20(19)38-25)24(30-18-8-15(12-33)22(34)23(18)35)32-26(29-13)28-10-14-6-16(36-2)9-17(7-14)37-3/h4-7,9,11,15,18,22-23,33-35H,8,10,12H2,1-3H3,(H2,28,29,30,32). The highest BCUT2D eigenvalue weighted by Crippen LogP contribution is 2.38. The van der Waals surface area contributed by atoms with Crippen LogP contribution in [-0.2, 0) is 6.54 Å². The topological polar surface area (TPSA) is 155 Å².